The first kappa shape index (κ1) is 26.1. The van der Waals surface area contributed by atoms with Crippen molar-refractivity contribution in [2.45, 2.75) is 26.2 Å². The first-order valence-corrected chi connectivity index (χ1v) is 12.4. The standard InChI is InChI=1S/C28H21Cl3O7/c1-9-18(14(32)8-16(34)22(9)29)10-6-15(33)23(30)11-5-12-20(25(35)19(10)11)26(36)21-13(28(12,2)3)7-17(38-4)24(31)27(21)37/h5-8,32-35,37H,1-4H3. The molecular weight excluding hydrogens is 555 g/mol. The maximum atomic E-state index is 13.9. The van der Waals surface area contributed by atoms with Crippen molar-refractivity contribution in [3.63, 3.8) is 0 Å². The molecule has 5 rings (SSSR count). The van der Waals surface area contributed by atoms with Crippen LogP contribution in [0.1, 0.15) is 46.5 Å². The van der Waals surface area contributed by atoms with Gasteiger partial charge in [-0.25, -0.2) is 0 Å². The second-order valence-corrected chi connectivity index (χ2v) is 10.8. The Morgan fingerprint density at radius 2 is 1.32 bits per heavy atom. The van der Waals surface area contributed by atoms with E-state index in [1.54, 1.807) is 32.9 Å². The van der Waals surface area contributed by atoms with Crippen LogP contribution in [-0.2, 0) is 5.41 Å². The number of hydrogen-bond acceptors (Lipinski definition) is 7. The van der Waals surface area contributed by atoms with Gasteiger partial charge in [0.1, 0.15) is 39.5 Å². The highest BCUT2D eigenvalue weighted by molar-refractivity contribution is 6.39. The summed E-state index contributed by atoms with van der Waals surface area (Å²) in [7, 11) is 1.38. The van der Waals surface area contributed by atoms with Crippen LogP contribution in [0.3, 0.4) is 0 Å². The fraction of sp³-hybridized carbons (Fsp3) is 0.179. The Hall–Kier alpha value is -3.52. The fourth-order valence-corrected chi connectivity index (χ4v) is 5.88. The predicted molar refractivity (Wildman–Crippen MR) is 146 cm³/mol. The molecule has 0 bridgehead atoms. The van der Waals surface area contributed by atoms with E-state index in [1.807, 2.05) is 0 Å². The molecule has 0 radical (unpaired) electrons. The van der Waals surface area contributed by atoms with Crippen molar-refractivity contribution in [3.05, 3.63) is 67.2 Å². The van der Waals surface area contributed by atoms with Crippen LogP contribution in [0.5, 0.6) is 34.5 Å². The summed E-state index contributed by atoms with van der Waals surface area (Å²) in [5, 5.41) is 54.1. The number of phenols is 5. The van der Waals surface area contributed by atoms with Gasteiger partial charge in [0.05, 0.1) is 28.3 Å². The Kier molecular flexibility index (Phi) is 5.84. The van der Waals surface area contributed by atoms with Crippen LogP contribution < -0.4 is 4.74 Å². The molecule has 4 aromatic rings. The Bertz CT molecular complexity index is 1740. The number of ether oxygens (including phenoxy) is 1. The van der Waals surface area contributed by atoms with E-state index >= 15 is 0 Å². The zero-order chi connectivity index (χ0) is 28.0. The van der Waals surface area contributed by atoms with Gasteiger partial charge in [-0.3, -0.25) is 4.79 Å². The molecule has 7 nitrogen and oxygen atoms in total. The highest BCUT2D eigenvalue weighted by Gasteiger charge is 2.43. The summed E-state index contributed by atoms with van der Waals surface area (Å²) in [4.78, 5) is 13.9. The van der Waals surface area contributed by atoms with Crippen molar-refractivity contribution < 1.29 is 35.1 Å². The summed E-state index contributed by atoms with van der Waals surface area (Å²) in [6.07, 6.45) is 0. The summed E-state index contributed by atoms with van der Waals surface area (Å²) in [5.74, 6) is -2.55. The van der Waals surface area contributed by atoms with E-state index in [0.717, 1.165) is 6.07 Å². The van der Waals surface area contributed by atoms with E-state index in [4.69, 9.17) is 39.5 Å². The van der Waals surface area contributed by atoms with Gasteiger partial charge in [-0.15, -0.1) is 0 Å². The number of aromatic hydroxyl groups is 5. The van der Waals surface area contributed by atoms with Gasteiger partial charge in [0, 0.05) is 33.4 Å². The highest BCUT2D eigenvalue weighted by Crippen LogP contribution is 2.55. The largest absolute Gasteiger partial charge is 0.507 e. The monoisotopic (exact) mass is 574 g/mol. The Balaban J connectivity index is 1.96. The minimum atomic E-state index is -0.964. The summed E-state index contributed by atoms with van der Waals surface area (Å²) in [5.41, 5.74) is 0.144. The summed E-state index contributed by atoms with van der Waals surface area (Å²) >= 11 is 19.0. The molecule has 1 aliphatic rings. The van der Waals surface area contributed by atoms with Crippen molar-refractivity contribution in [1.29, 1.82) is 0 Å². The molecule has 10 heteroatoms. The van der Waals surface area contributed by atoms with Crippen LogP contribution in [0.25, 0.3) is 21.9 Å². The van der Waals surface area contributed by atoms with Gasteiger partial charge in [0.25, 0.3) is 0 Å². The van der Waals surface area contributed by atoms with Crippen LogP contribution in [0, 0.1) is 6.92 Å². The smallest absolute Gasteiger partial charge is 0.201 e. The van der Waals surface area contributed by atoms with Gasteiger partial charge in [0.2, 0.25) is 5.78 Å². The van der Waals surface area contributed by atoms with Gasteiger partial charge in [0.15, 0.2) is 0 Å². The zero-order valence-electron chi connectivity index (χ0n) is 20.5. The van der Waals surface area contributed by atoms with E-state index in [9.17, 15) is 30.3 Å². The maximum absolute atomic E-state index is 13.9. The lowest BCUT2D eigenvalue weighted by Crippen LogP contribution is -2.31. The summed E-state index contributed by atoms with van der Waals surface area (Å²) in [6, 6.07) is 5.42. The van der Waals surface area contributed by atoms with Crippen molar-refractivity contribution in [1.82, 2.24) is 0 Å². The first-order chi connectivity index (χ1) is 17.7. The lowest BCUT2D eigenvalue weighted by atomic mass is 9.67. The van der Waals surface area contributed by atoms with Crippen LogP contribution in [0.15, 0.2) is 24.3 Å². The SMILES string of the molecule is COc1cc2c(c(O)c1Cl)C(=O)c1c(cc3c(Cl)c(O)cc(-c4c(O)cc(O)c(Cl)c4C)c3c1O)C2(C)C. The minimum Gasteiger partial charge on any atom is -0.507 e. The molecule has 196 valence electrons. The van der Waals surface area contributed by atoms with Gasteiger partial charge in [-0.2, -0.15) is 0 Å². The molecule has 0 aromatic heterocycles. The first-order valence-electron chi connectivity index (χ1n) is 11.3. The quantitative estimate of drug-likeness (QED) is 0.171. The number of rotatable bonds is 2. The number of benzene rings is 4. The molecule has 0 aliphatic heterocycles. The average molecular weight is 576 g/mol. The third kappa shape index (κ3) is 3.32. The lowest BCUT2D eigenvalue weighted by Gasteiger charge is -2.36. The second-order valence-electron chi connectivity index (χ2n) is 9.67. The number of carbonyl (C=O) groups excluding carboxylic acids is 1. The van der Waals surface area contributed by atoms with Gasteiger partial charge < -0.3 is 30.3 Å². The van der Waals surface area contributed by atoms with E-state index in [0.29, 0.717) is 11.1 Å². The third-order valence-corrected chi connectivity index (χ3v) is 8.51. The van der Waals surface area contributed by atoms with Crippen LogP contribution in [0.4, 0.5) is 0 Å². The average Bonchev–Trinajstić information content (AvgIpc) is 2.85. The van der Waals surface area contributed by atoms with Crippen molar-refractivity contribution >= 4 is 51.4 Å². The maximum Gasteiger partial charge on any atom is 0.201 e. The van der Waals surface area contributed by atoms with Crippen molar-refractivity contribution in [2.75, 3.05) is 7.11 Å². The highest BCUT2D eigenvalue weighted by atomic mass is 35.5. The number of fused-ring (bicyclic) bond motifs is 3. The number of halogens is 3. The minimum absolute atomic E-state index is 0.0440. The second kappa shape index (κ2) is 8.50. The normalized spacial score (nSPS) is 13.9. The van der Waals surface area contributed by atoms with Gasteiger partial charge >= 0.3 is 0 Å². The van der Waals surface area contributed by atoms with Gasteiger partial charge in [-0.05, 0) is 41.8 Å². The molecule has 1 aliphatic carbocycles. The van der Waals surface area contributed by atoms with E-state index in [1.165, 1.54) is 13.2 Å². The fourth-order valence-electron chi connectivity index (χ4n) is 5.31. The lowest BCUT2D eigenvalue weighted by molar-refractivity contribution is 0.102. The molecule has 0 saturated heterocycles. The van der Waals surface area contributed by atoms with Crippen LogP contribution in [-0.4, -0.2) is 38.4 Å². The zero-order valence-corrected chi connectivity index (χ0v) is 22.8. The molecule has 0 amide bonds. The summed E-state index contributed by atoms with van der Waals surface area (Å²) in [6.45, 7) is 5.13. The number of phenolic OH excluding ortho intramolecular Hbond substituents is 5. The third-order valence-electron chi connectivity index (χ3n) is 7.27. The van der Waals surface area contributed by atoms with E-state index < -0.39 is 22.7 Å². The molecule has 0 heterocycles. The molecular formula is C28H21Cl3O7. The van der Waals surface area contributed by atoms with Crippen LogP contribution in [0.2, 0.25) is 15.1 Å². The molecule has 5 N–H and O–H groups in total. The van der Waals surface area contributed by atoms with Crippen molar-refractivity contribution in [3.8, 4) is 45.6 Å². The molecule has 0 atom stereocenters. The summed E-state index contributed by atoms with van der Waals surface area (Å²) < 4.78 is 5.28. The molecule has 38 heavy (non-hydrogen) atoms. The Morgan fingerprint density at radius 1 is 0.737 bits per heavy atom. The van der Waals surface area contributed by atoms with Crippen molar-refractivity contribution in [2.24, 2.45) is 0 Å². The molecule has 0 unspecified atom stereocenters. The Morgan fingerprint density at radius 3 is 1.95 bits per heavy atom. The molecule has 0 spiro atoms. The number of ketones is 1. The predicted octanol–water partition coefficient (Wildman–Crippen LogP) is 7.18. The van der Waals surface area contributed by atoms with E-state index in [-0.39, 0.29) is 76.7 Å². The molecule has 0 saturated carbocycles. The number of carbonyl (C=O) groups is 1. The topological polar surface area (TPSA) is 127 Å². The van der Waals surface area contributed by atoms with Crippen LogP contribution >= 0.6 is 34.8 Å². The Labute approximate surface area is 232 Å². The van der Waals surface area contributed by atoms with E-state index in [2.05, 4.69) is 0 Å². The van der Waals surface area contributed by atoms with Gasteiger partial charge in [-0.1, -0.05) is 48.7 Å². The number of methoxy groups -OCH3 is 1. The molecule has 4 aromatic carbocycles. The molecule has 0 fully saturated rings. The number of hydrogen-bond donors (Lipinski definition) is 5.